The number of benzene rings is 1. The molecule has 1 aromatic carbocycles. The average Bonchev–Trinajstić information content (AvgIpc) is 2.38. The van der Waals surface area contributed by atoms with Crippen LogP contribution in [0.25, 0.3) is 0 Å². The van der Waals surface area contributed by atoms with E-state index in [2.05, 4.69) is 58.3 Å². The lowest BCUT2D eigenvalue weighted by atomic mass is 10.2. The zero-order valence-electron chi connectivity index (χ0n) is 11.1. The van der Waals surface area contributed by atoms with Gasteiger partial charge in [0, 0.05) is 28.2 Å². The standard InChI is InChI=1S/C15H17BrN2S/c1-11(2)18-10-12-5-4-8-17-15(12)19-14-7-3-6-13(16)9-14/h3-9,11,18H,10H2,1-2H3. The van der Waals surface area contributed by atoms with Gasteiger partial charge in [-0.15, -0.1) is 0 Å². The zero-order valence-corrected chi connectivity index (χ0v) is 13.5. The summed E-state index contributed by atoms with van der Waals surface area (Å²) in [6, 6.07) is 12.9. The van der Waals surface area contributed by atoms with Crippen LogP contribution in [-0.2, 0) is 6.54 Å². The highest BCUT2D eigenvalue weighted by atomic mass is 79.9. The van der Waals surface area contributed by atoms with Crippen molar-refractivity contribution in [3.05, 3.63) is 52.6 Å². The largest absolute Gasteiger partial charge is 0.310 e. The van der Waals surface area contributed by atoms with Gasteiger partial charge in [-0.25, -0.2) is 4.98 Å². The first-order chi connectivity index (χ1) is 9.15. The van der Waals surface area contributed by atoms with Crippen molar-refractivity contribution in [3.8, 4) is 0 Å². The number of aromatic nitrogens is 1. The van der Waals surface area contributed by atoms with Crippen LogP contribution in [0.15, 0.2) is 57.0 Å². The molecule has 0 aliphatic heterocycles. The summed E-state index contributed by atoms with van der Waals surface area (Å²) in [5.74, 6) is 0. The van der Waals surface area contributed by atoms with Gasteiger partial charge in [0.1, 0.15) is 5.03 Å². The van der Waals surface area contributed by atoms with Gasteiger partial charge in [0.15, 0.2) is 0 Å². The number of nitrogens with zero attached hydrogens (tertiary/aromatic N) is 1. The van der Waals surface area contributed by atoms with E-state index in [0.717, 1.165) is 16.0 Å². The molecule has 0 saturated heterocycles. The molecular formula is C15H17BrN2S. The Morgan fingerprint density at radius 2 is 2.11 bits per heavy atom. The predicted molar refractivity (Wildman–Crippen MR) is 84.5 cm³/mol. The molecule has 1 aromatic heterocycles. The molecule has 2 nitrogen and oxygen atoms in total. The minimum absolute atomic E-state index is 0.476. The Morgan fingerprint density at radius 3 is 2.84 bits per heavy atom. The van der Waals surface area contributed by atoms with Crippen LogP contribution in [0.5, 0.6) is 0 Å². The van der Waals surface area contributed by atoms with Crippen molar-refractivity contribution >= 4 is 27.7 Å². The Hall–Kier alpha value is -0.840. The molecule has 0 fully saturated rings. The van der Waals surface area contributed by atoms with Crippen molar-refractivity contribution in [1.29, 1.82) is 0 Å². The second-order valence-electron chi connectivity index (χ2n) is 4.56. The molecular weight excluding hydrogens is 320 g/mol. The van der Waals surface area contributed by atoms with Crippen LogP contribution in [0, 0.1) is 0 Å². The number of halogens is 1. The third-order valence-electron chi connectivity index (χ3n) is 2.56. The molecule has 0 aliphatic carbocycles. The predicted octanol–water partition coefficient (Wildman–Crippen LogP) is 4.49. The highest BCUT2D eigenvalue weighted by Crippen LogP contribution is 2.30. The molecule has 1 N–H and O–H groups in total. The lowest BCUT2D eigenvalue weighted by Crippen LogP contribution is -2.22. The number of rotatable bonds is 5. The van der Waals surface area contributed by atoms with Crippen LogP contribution in [0.2, 0.25) is 0 Å². The van der Waals surface area contributed by atoms with Gasteiger partial charge in [-0.05, 0) is 29.8 Å². The first kappa shape index (κ1) is 14.6. The number of nitrogens with one attached hydrogen (secondary N) is 1. The van der Waals surface area contributed by atoms with Crippen LogP contribution in [0.4, 0.5) is 0 Å². The number of hydrogen-bond acceptors (Lipinski definition) is 3. The Kier molecular flexibility index (Phi) is 5.43. The summed E-state index contributed by atoms with van der Waals surface area (Å²) in [7, 11) is 0. The number of pyridine rings is 1. The monoisotopic (exact) mass is 336 g/mol. The maximum atomic E-state index is 4.49. The quantitative estimate of drug-likeness (QED) is 0.870. The van der Waals surface area contributed by atoms with Gasteiger partial charge in [-0.1, -0.05) is 53.7 Å². The minimum atomic E-state index is 0.476. The van der Waals surface area contributed by atoms with Gasteiger partial charge < -0.3 is 5.32 Å². The van der Waals surface area contributed by atoms with Gasteiger partial charge in [-0.3, -0.25) is 0 Å². The summed E-state index contributed by atoms with van der Waals surface area (Å²) in [5.41, 5.74) is 1.24. The smallest absolute Gasteiger partial charge is 0.105 e. The van der Waals surface area contributed by atoms with E-state index in [-0.39, 0.29) is 0 Å². The van der Waals surface area contributed by atoms with Crippen molar-refractivity contribution in [3.63, 3.8) is 0 Å². The molecule has 2 rings (SSSR count). The van der Waals surface area contributed by atoms with Gasteiger partial charge in [0.25, 0.3) is 0 Å². The van der Waals surface area contributed by atoms with Gasteiger partial charge in [0.2, 0.25) is 0 Å². The fraction of sp³-hybridized carbons (Fsp3) is 0.267. The maximum Gasteiger partial charge on any atom is 0.105 e. The second kappa shape index (κ2) is 7.08. The van der Waals surface area contributed by atoms with Crippen molar-refractivity contribution in [2.24, 2.45) is 0 Å². The molecule has 4 heteroatoms. The summed E-state index contributed by atoms with van der Waals surface area (Å²) in [4.78, 5) is 5.68. The van der Waals surface area contributed by atoms with Crippen molar-refractivity contribution in [2.45, 2.75) is 36.4 Å². The third kappa shape index (κ3) is 4.64. The first-order valence-corrected chi connectivity index (χ1v) is 7.87. The summed E-state index contributed by atoms with van der Waals surface area (Å²) < 4.78 is 1.09. The summed E-state index contributed by atoms with van der Waals surface area (Å²) in [6.45, 7) is 5.15. The molecule has 0 saturated carbocycles. The van der Waals surface area contributed by atoms with Crippen LogP contribution in [0.1, 0.15) is 19.4 Å². The lowest BCUT2D eigenvalue weighted by molar-refractivity contribution is 0.582. The fourth-order valence-electron chi connectivity index (χ4n) is 1.61. The van der Waals surface area contributed by atoms with E-state index in [4.69, 9.17) is 0 Å². The Morgan fingerprint density at radius 1 is 1.26 bits per heavy atom. The van der Waals surface area contributed by atoms with E-state index in [1.165, 1.54) is 10.5 Å². The van der Waals surface area contributed by atoms with Crippen LogP contribution in [0.3, 0.4) is 0 Å². The summed E-state index contributed by atoms with van der Waals surface area (Å²) in [5, 5.41) is 4.50. The Bertz CT molecular complexity index is 543. The highest BCUT2D eigenvalue weighted by molar-refractivity contribution is 9.10. The Balaban J connectivity index is 2.15. The van der Waals surface area contributed by atoms with Crippen LogP contribution >= 0.6 is 27.7 Å². The lowest BCUT2D eigenvalue weighted by Gasteiger charge is -2.11. The van der Waals surface area contributed by atoms with E-state index < -0.39 is 0 Å². The highest BCUT2D eigenvalue weighted by Gasteiger charge is 2.06. The van der Waals surface area contributed by atoms with Gasteiger partial charge in [-0.2, -0.15) is 0 Å². The van der Waals surface area contributed by atoms with Gasteiger partial charge >= 0.3 is 0 Å². The molecule has 0 bridgehead atoms. The molecule has 2 aromatic rings. The molecule has 0 spiro atoms. The molecule has 0 unspecified atom stereocenters. The SMILES string of the molecule is CC(C)NCc1cccnc1Sc1cccc(Br)c1. The van der Waals surface area contributed by atoms with Crippen molar-refractivity contribution in [2.75, 3.05) is 0 Å². The summed E-state index contributed by atoms with van der Waals surface area (Å²) in [6.07, 6.45) is 1.85. The van der Waals surface area contributed by atoms with E-state index in [9.17, 15) is 0 Å². The fourth-order valence-corrected chi connectivity index (χ4v) is 3.10. The topological polar surface area (TPSA) is 24.9 Å². The average molecular weight is 337 g/mol. The van der Waals surface area contributed by atoms with E-state index >= 15 is 0 Å². The summed E-state index contributed by atoms with van der Waals surface area (Å²) >= 11 is 5.20. The van der Waals surface area contributed by atoms with E-state index in [0.29, 0.717) is 6.04 Å². The number of hydrogen-bond donors (Lipinski definition) is 1. The molecule has 0 aliphatic rings. The van der Waals surface area contributed by atoms with Crippen LogP contribution < -0.4 is 5.32 Å². The minimum Gasteiger partial charge on any atom is -0.310 e. The molecule has 100 valence electrons. The Labute approximate surface area is 127 Å². The van der Waals surface area contributed by atoms with Gasteiger partial charge in [0.05, 0.1) is 0 Å². The van der Waals surface area contributed by atoms with E-state index in [1.807, 2.05) is 24.4 Å². The molecule has 0 amide bonds. The molecule has 0 radical (unpaired) electrons. The maximum absolute atomic E-state index is 4.49. The normalized spacial score (nSPS) is 10.9. The van der Waals surface area contributed by atoms with Crippen molar-refractivity contribution < 1.29 is 0 Å². The van der Waals surface area contributed by atoms with Crippen LogP contribution in [-0.4, -0.2) is 11.0 Å². The van der Waals surface area contributed by atoms with E-state index in [1.54, 1.807) is 11.8 Å². The molecule has 19 heavy (non-hydrogen) atoms. The molecule has 1 heterocycles. The van der Waals surface area contributed by atoms with Crippen molar-refractivity contribution in [1.82, 2.24) is 10.3 Å². The second-order valence-corrected chi connectivity index (χ2v) is 6.54. The zero-order chi connectivity index (χ0) is 13.7. The molecule has 0 atom stereocenters. The third-order valence-corrected chi connectivity index (χ3v) is 4.11. The first-order valence-electron chi connectivity index (χ1n) is 6.26.